The number of non-ortho nitro benzene ring substituents is 1. The number of carbonyl (C=O) groups excluding carboxylic acids is 1. The number of hydrogen-bond acceptors (Lipinski definition) is 6. The molecule has 0 aliphatic carbocycles. The van der Waals surface area contributed by atoms with E-state index in [1.807, 2.05) is 4.90 Å². The summed E-state index contributed by atoms with van der Waals surface area (Å²) >= 11 is 1.39. The van der Waals surface area contributed by atoms with E-state index in [0.717, 1.165) is 9.83 Å². The summed E-state index contributed by atoms with van der Waals surface area (Å²) in [6, 6.07) is 10.3. The van der Waals surface area contributed by atoms with Crippen LogP contribution in [-0.2, 0) is 0 Å². The fourth-order valence-corrected chi connectivity index (χ4v) is 4.06. The molecule has 1 aliphatic rings. The predicted molar refractivity (Wildman–Crippen MR) is 105 cm³/mol. The van der Waals surface area contributed by atoms with Crippen molar-refractivity contribution in [2.75, 3.05) is 36.4 Å². The first-order valence-corrected chi connectivity index (χ1v) is 9.43. The monoisotopic (exact) mass is 401 g/mol. The lowest BCUT2D eigenvalue weighted by Crippen LogP contribution is -2.50. The van der Waals surface area contributed by atoms with Gasteiger partial charge in [0.15, 0.2) is 5.13 Å². The molecule has 4 rings (SSSR count). The van der Waals surface area contributed by atoms with Crippen molar-refractivity contribution >= 4 is 44.1 Å². The van der Waals surface area contributed by atoms with Crippen molar-refractivity contribution in [1.29, 1.82) is 0 Å². The third-order valence-corrected chi connectivity index (χ3v) is 5.60. The summed E-state index contributed by atoms with van der Waals surface area (Å²) in [5.41, 5.74) is 0.908. The van der Waals surface area contributed by atoms with Crippen LogP contribution in [0.3, 0.4) is 0 Å². The number of piperazine rings is 1. The number of anilines is 2. The molecule has 10 heteroatoms. The molecule has 0 spiro atoms. The smallest absolute Gasteiger partial charge is 0.322 e. The summed E-state index contributed by atoms with van der Waals surface area (Å²) in [5.74, 6) is -0.474. The minimum Gasteiger partial charge on any atom is -0.345 e. The first-order chi connectivity index (χ1) is 13.5. The van der Waals surface area contributed by atoms with Crippen LogP contribution in [0.25, 0.3) is 10.2 Å². The third kappa shape index (κ3) is 3.58. The predicted octanol–water partition coefficient (Wildman–Crippen LogP) is 3.70. The number of halogens is 1. The maximum absolute atomic E-state index is 13.7. The molecule has 2 heterocycles. The number of nitro groups is 1. The Labute approximate surface area is 163 Å². The summed E-state index contributed by atoms with van der Waals surface area (Å²) in [4.78, 5) is 31.1. The highest BCUT2D eigenvalue weighted by Crippen LogP contribution is 2.31. The molecule has 0 saturated carbocycles. The van der Waals surface area contributed by atoms with Crippen LogP contribution in [0.5, 0.6) is 0 Å². The second kappa shape index (κ2) is 7.39. The number of nitro benzene ring substituents is 1. The van der Waals surface area contributed by atoms with Gasteiger partial charge in [-0.1, -0.05) is 23.5 Å². The lowest BCUT2D eigenvalue weighted by molar-refractivity contribution is -0.384. The number of benzene rings is 2. The molecule has 2 aromatic carbocycles. The van der Waals surface area contributed by atoms with Crippen LogP contribution in [0.2, 0.25) is 0 Å². The van der Waals surface area contributed by atoms with E-state index < -0.39 is 10.7 Å². The topological polar surface area (TPSA) is 91.6 Å². The lowest BCUT2D eigenvalue weighted by atomic mass is 10.3. The second-order valence-corrected chi connectivity index (χ2v) is 7.30. The minimum atomic E-state index is -0.474. The van der Waals surface area contributed by atoms with Crippen molar-refractivity contribution < 1.29 is 14.1 Å². The maximum Gasteiger partial charge on any atom is 0.322 e. The van der Waals surface area contributed by atoms with Crippen LogP contribution in [-0.4, -0.2) is 47.0 Å². The van der Waals surface area contributed by atoms with Gasteiger partial charge < -0.3 is 15.1 Å². The lowest BCUT2D eigenvalue weighted by Gasteiger charge is -2.34. The number of para-hydroxylation sites is 1. The SMILES string of the molecule is O=C(Nc1ccccc1F)N1CCN(c2nc3ccc([N+](=O)[O-])cc3s2)CC1. The van der Waals surface area contributed by atoms with Gasteiger partial charge in [0.2, 0.25) is 0 Å². The number of urea groups is 1. The second-order valence-electron chi connectivity index (χ2n) is 6.29. The Bertz CT molecular complexity index is 1050. The Morgan fingerprint density at radius 2 is 1.93 bits per heavy atom. The summed E-state index contributed by atoms with van der Waals surface area (Å²) < 4.78 is 14.4. The molecule has 1 aromatic heterocycles. The molecule has 1 aliphatic heterocycles. The van der Waals surface area contributed by atoms with Crippen molar-refractivity contribution in [1.82, 2.24) is 9.88 Å². The molecule has 0 bridgehead atoms. The highest BCUT2D eigenvalue weighted by atomic mass is 32.1. The Kier molecular flexibility index (Phi) is 4.78. The number of nitrogens with zero attached hydrogens (tertiary/aromatic N) is 4. The van der Waals surface area contributed by atoms with Gasteiger partial charge in [0, 0.05) is 38.3 Å². The number of thiazole rings is 1. The fourth-order valence-electron chi connectivity index (χ4n) is 3.01. The molecule has 3 aromatic rings. The molecule has 8 nitrogen and oxygen atoms in total. The van der Waals surface area contributed by atoms with Gasteiger partial charge >= 0.3 is 6.03 Å². The number of rotatable bonds is 3. The summed E-state index contributed by atoms with van der Waals surface area (Å²) in [6.07, 6.45) is 0. The zero-order valence-electron chi connectivity index (χ0n) is 14.7. The zero-order valence-corrected chi connectivity index (χ0v) is 15.5. The Hall–Kier alpha value is -3.27. The summed E-state index contributed by atoms with van der Waals surface area (Å²) in [6.45, 7) is 2.09. The van der Waals surface area contributed by atoms with Gasteiger partial charge in [0.05, 0.1) is 20.8 Å². The van der Waals surface area contributed by atoms with Crippen molar-refractivity contribution in [3.63, 3.8) is 0 Å². The third-order valence-electron chi connectivity index (χ3n) is 4.52. The molecule has 2 amide bonds. The van der Waals surface area contributed by atoms with Crippen molar-refractivity contribution in [3.8, 4) is 0 Å². The molecule has 1 fully saturated rings. The average molecular weight is 401 g/mol. The van der Waals surface area contributed by atoms with Gasteiger partial charge in [0.25, 0.3) is 5.69 Å². The van der Waals surface area contributed by atoms with Crippen LogP contribution in [0, 0.1) is 15.9 Å². The van der Waals surface area contributed by atoms with E-state index in [9.17, 15) is 19.3 Å². The van der Waals surface area contributed by atoms with E-state index >= 15 is 0 Å². The van der Waals surface area contributed by atoms with E-state index in [-0.39, 0.29) is 17.4 Å². The number of aromatic nitrogens is 1. The van der Waals surface area contributed by atoms with Gasteiger partial charge in [-0.05, 0) is 18.2 Å². The van der Waals surface area contributed by atoms with E-state index in [4.69, 9.17) is 0 Å². The van der Waals surface area contributed by atoms with Crippen molar-refractivity contribution in [2.24, 2.45) is 0 Å². The number of nitrogens with one attached hydrogen (secondary N) is 1. The molecule has 28 heavy (non-hydrogen) atoms. The van der Waals surface area contributed by atoms with E-state index in [0.29, 0.717) is 31.7 Å². The maximum atomic E-state index is 13.7. The van der Waals surface area contributed by atoms with Crippen molar-refractivity contribution in [3.05, 3.63) is 58.4 Å². The first kappa shape index (κ1) is 18.1. The molecule has 0 atom stereocenters. The molecule has 0 radical (unpaired) electrons. The standard InChI is InChI=1S/C18H16FN5O3S/c19-13-3-1-2-4-14(13)20-17(25)22-7-9-23(10-8-22)18-21-15-6-5-12(24(26)27)11-16(15)28-18/h1-6,11H,7-10H2,(H,20,25). The summed E-state index contributed by atoms with van der Waals surface area (Å²) in [7, 11) is 0. The molecule has 1 saturated heterocycles. The number of hydrogen-bond donors (Lipinski definition) is 1. The van der Waals surface area contributed by atoms with Gasteiger partial charge in [-0.15, -0.1) is 0 Å². The molecular weight excluding hydrogens is 385 g/mol. The number of fused-ring (bicyclic) bond motifs is 1. The van der Waals surface area contributed by atoms with Crippen molar-refractivity contribution in [2.45, 2.75) is 0 Å². The quantitative estimate of drug-likeness (QED) is 0.534. The van der Waals surface area contributed by atoms with E-state index in [1.165, 1.54) is 35.6 Å². The molecule has 144 valence electrons. The van der Waals surface area contributed by atoms with Crippen LogP contribution >= 0.6 is 11.3 Å². The van der Waals surface area contributed by atoms with Gasteiger partial charge in [-0.3, -0.25) is 10.1 Å². The Morgan fingerprint density at radius 3 is 2.64 bits per heavy atom. The van der Waals surface area contributed by atoms with Gasteiger partial charge in [0.1, 0.15) is 5.82 Å². The van der Waals surface area contributed by atoms with E-state index in [1.54, 1.807) is 23.1 Å². The Morgan fingerprint density at radius 1 is 1.18 bits per heavy atom. The molecule has 0 unspecified atom stereocenters. The highest BCUT2D eigenvalue weighted by Gasteiger charge is 2.24. The molecule has 1 N–H and O–H groups in total. The minimum absolute atomic E-state index is 0.0392. The van der Waals surface area contributed by atoms with E-state index in [2.05, 4.69) is 10.3 Å². The molecular formula is C18H16FN5O3S. The largest absolute Gasteiger partial charge is 0.345 e. The van der Waals surface area contributed by atoms with Crippen LogP contribution < -0.4 is 10.2 Å². The fraction of sp³-hybridized carbons (Fsp3) is 0.222. The van der Waals surface area contributed by atoms with Crippen LogP contribution in [0.1, 0.15) is 0 Å². The first-order valence-electron chi connectivity index (χ1n) is 8.61. The van der Waals surface area contributed by atoms with Crippen LogP contribution in [0.4, 0.5) is 25.7 Å². The average Bonchev–Trinajstić information content (AvgIpc) is 3.13. The van der Waals surface area contributed by atoms with Gasteiger partial charge in [-0.25, -0.2) is 14.2 Å². The zero-order chi connectivity index (χ0) is 19.7. The number of carbonyl (C=O) groups is 1. The highest BCUT2D eigenvalue weighted by molar-refractivity contribution is 7.22. The normalized spacial score (nSPS) is 14.3. The van der Waals surface area contributed by atoms with Gasteiger partial charge in [-0.2, -0.15) is 0 Å². The number of amides is 2. The summed E-state index contributed by atoms with van der Waals surface area (Å²) in [5, 5.41) is 14.3. The Balaban J connectivity index is 1.41. The van der Waals surface area contributed by atoms with Crippen LogP contribution in [0.15, 0.2) is 42.5 Å².